The monoisotopic (exact) mass is 639 g/mol. The minimum atomic E-state index is -5.08. The Morgan fingerprint density at radius 2 is 1.86 bits per heavy atom. The number of halogens is 4. The number of nitrogens with zero attached hydrogens (tertiary/aromatic N) is 4. The molecule has 2 aromatic rings. The molecule has 1 amide bonds. The van der Waals surface area contributed by atoms with Gasteiger partial charge in [-0.1, -0.05) is 23.7 Å². The number of sulfone groups is 1. The second-order valence-electron chi connectivity index (χ2n) is 9.97. The third kappa shape index (κ3) is 10.3. The van der Waals surface area contributed by atoms with Gasteiger partial charge in [-0.05, 0) is 37.0 Å². The molecule has 3 heterocycles. The molecule has 0 unspecified atom stereocenters. The van der Waals surface area contributed by atoms with E-state index in [2.05, 4.69) is 30.3 Å². The molecule has 1 aromatic heterocycles. The number of aromatic nitrogens is 3. The van der Waals surface area contributed by atoms with Crippen LogP contribution in [0.4, 0.5) is 25.1 Å². The predicted molar refractivity (Wildman–Crippen MR) is 148 cm³/mol. The number of piperidine rings is 1. The molecule has 0 saturated carbocycles. The van der Waals surface area contributed by atoms with Crippen molar-refractivity contribution in [2.45, 2.75) is 43.6 Å². The van der Waals surface area contributed by atoms with Crippen LogP contribution in [-0.2, 0) is 30.6 Å². The van der Waals surface area contributed by atoms with Gasteiger partial charge in [-0.15, -0.1) is 5.10 Å². The summed E-state index contributed by atoms with van der Waals surface area (Å²) in [6.07, 6.45) is -2.04. The van der Waals surface area contributed by atoms with E-state index in [4.69, 9.17) is 32.0 Å². The largest absolute Gasteiger partial charge is 0.490 e. The van der Waals surface area contributed by atoms with Gasteiger partial charge < -0.3 is 25.8 Å². The third-order valence-electron chi connectivity index (χ3n) is 6.73. The highest BCUT2D eigenvalue weighted by molar-refractivity contribution is 7.90. The summed E-state index contributed by atoms with van der Waals surface area (Å²) in [5.41, 5.74) is 6.83. The average molecular weight is 640 g/mol. The summed E-state index contributed by atoms with van der Waals surface area (Å²) in [4.78, 5) is 30.3. The van der Waals surface area contributed by atoms with E-state index >= 15 is 0 Å². The van der Waals surface area contributed by atoms with Crippen molar-refractivity contribution in [1.82, 2.24) is 25.4 Å². The normalized spacial score (nSPS) is 20.5. The number of hydrogen-bond acceptors (Lipinski definition) is 10. The molecule has 1 aromatic carbocycles. The Morgan fingerprint density at radius 1 is 1.24 bits per heavy atom. The second-order valence-corrected chi connectivity index (χ2v) is 12.7. The number of alkyl halides is 3. The van der Waals surface area contributed by atoms with Crippen molar-refractivity contribution in [1.29, 1.82) is 0 Å². The number of nitrogens with two attached hydrogens (primary N) is 1. The van der Waals surface area contributed by atoms with Gasteiger partial charge in [0.1, 0.15) is 15.9 Å². The Morgan fingerprint density at radius 3 is 2.38 bits per heavy atom. The van der Waals surface area contributed by atoms with Crippen LogP contribution in [0.3, 0.4) is 0 Å². The molecule has 0 spiro atoms. The Labute approximate surface area is 245 Å². The van der Waals surface area contributed by atoms with Gasteiger partial charge in [0.2, 0.25) is 11.9 Å². The van der Waals surface area contributed by atoms with Crippen LogP contribution in [0.1, 0.15) is 18.4 Å². The number of carboxylic acid groups (broad SMARTS) is 1. The van der Waals surface area contributed by atoms with Gasteiger partial charge in [0, 0.05) is 49.5 Å². The van der Waals surface area contributed by atoms with Gasteiger partial charge in [0.25, 0.3) is 5.91 Å². The van der Waals surface area contributed by atoms with Crippen molar-refractivity contribution in [3.63, 3.8) is 0 Å². The highest BCUT2D eigenvalue weighted by Gasteiger charge is 2.39. The van der Waals surface area contributed by atoms with Crippen LogP contribution in [0.2, 0.25) is 5.02 Å². The number of rotatable bonds is 8. The smallest absolute Gasteiger partial charge is 0.475 e. The summed E-state index contributed by atoms with van der Waals surface area (Å²) in [7, 11) is -3.15. The Hall–Kier alpha value is -3.15. The Balaban J connectivity index is 0.000000616. The topological polar surface area (TPSA) is 184 Å². The second kappa shape index (κ2) is 14.3. The lowest BCUT2D eigenvalue weighted by molar-refractivity contribution is -0.192. The van der Waals surface area contributed by atoms with Crippen LogP contribution in [0.5, 0.6) is 0 Å². The average Bonchev–Trinajstić information content (AvgIpc) is 3.35. The fraction of sp³-hybridized carbons (Fsp3) is 0.583. The number of H-pyrrole nitrogens is 1. The van der Waals surface area contributed by atoms with Gasteiger partial charge in [0.05, 0.1) is 12.4 Å². The maximum absolute atomic E-state index is 12.7. The van der Waals surface area contributed by atoms with E-state index in [1.165, 1.54) is 0 Å². The summed E-state index contributed by atoms with van der Waals surface area (Å²) in [5, 5.41) is 17.4. The fourth-order valence-corrected chi connectivity index (χ4v) is 5.27. The highest BCUT2D eigenvalue weighted by atomic mass is 35.5. The molecule has 2 saturated heterocycles. The summed E-state index contributed by atoms with van der Waals surface area (Å²) < 4.78 is 60.5. The van der Waals surface area contributed by atoms with Crippen LogP contribution in [-0.4, -0.2) is 115 Å². The number of hydrogen-bond donors (Lipinski definition) is 4. The molecule has 5 N–H and O–H groups in total. The number of ether oxygens (including phenoxy) is 1. The van der Waals surface area contributed by atoms with Gasteiger partial charge in [-0.25, -0.2) is 18.3 Å². The maximum Gasteiger partial charge on any atom is 0.490 e. The van der Waals surface area contributed by atoms with E-state index in [-0.39, 0.29) is 30.3 Å². The van der Waals surface area contributed by atoms with Crippen molar-refractivity contribution < 1.29 is 41.0 Å². The minimum absolute atomic E-state index is 0.0733. The number of carbonyl (C=O) groups is 2. The van der Waals surface area contributed by atoms with Crippen LogP contribution in [0.15, 0.2) is 24.3 Å². The van der Waals surface area contributed by atoms with Gasteiger partial charge in [0.15, 0.2) is 0 Å². The first kappa shape index (κ1) is 33.4. The van der Waals surface area contributed by atoms with Crippen molar-refractivity contribution in [3.8, 4) is 0 Å². The number of anilines is 2. The van der Waals surface area contributed by atoms with E-state index in [1.807, 2.05) is 24.3 Å². The van der Waals surface area contributed by atoms with Crippen LogP contribution in [0, 0.1) is 0 Å². The van der Waals surface area contributed by atoms with E-state index in [1.54, 1.807) is 0 Å². The molecule has 18 heteroatoms. The first-order chi connectivity index (χ1) is 19.6. The van der Waals surface area contributed by atoms with Crippen LogP contribution in [0.25, 0.3) is 0 Å². The molecule has 2 atom stereocenters. The van der Waals surface area contributed by atoms with Gasteiger partial charge in [-0.2, -0.15) is 18.2 Å². The third-order valence-corrected chi connectivity index (χ3v) is 7.93. The number of aromatic amines is 1. The fourth-order valence-electron chi connectivity index (χ4n) is 4.67. The summed E-state index contributed by atoms with van der Waals surface area (Å²) >= 11 is 6.05. The molecule has 2 aliphatic heterocycles. The molecule has 13 nitrogen and oxygen atoms in total. The Kier molecular flexibility index (Phi) is 11.4. The molecule has 2 fully saturated rings. The molecular formula is C24H33ClF3N7O6S. The maximum atomic E-state index is 12.7. The zero-order chi connectivity index (χ0) is 31.1. The summed E-state index contributed by atoms with van der Waals surface area (Å²) in [6, 6.07) is 8.15. The molecular weight excluding hydrogens is 607 g/mol. The Bertz CT molecular complexity index is 1300. The van der Waals surface area contributed by atoms with Crippen molar-refractivity contribution in [2.24, 2.45) is 0 Å². The van der Waals surface area contributed by atoms with Crippen molar-refractivity contribution in [3.05, 3.63) is 34.9 Å². The molecule has 234 valence electrons. The molecule has 0 aliphatic carbocycles. The van der Waals surface area contributed by atoms with E-state index in [9.17, 15) is 26.4 Å². The number of benzene rings is 1. The van der Waals surface area contributed by atoms with Gasteiger partial charge in [-0.3, -0.25) is 9.69 Å². The van der Waals surface area contributed by atoms with Crippen molar-refractivity contribution in [2.75, 3.05) is 55.4 Å². The number of carboxylic acids is 1. The number of nitrogens with one attached hydrogen (secondary N) is 2. The quantitative estimate of drug-likeness (QED) is 0.324. The summed E-state index contributed by atoms with van der Waals surface area (Å²) in [6.45, 7) is 2.48. The number of carbonyl (C=O) groups excluding carboxylic acids is 1. The molecule has 0 bridgehead atoms. The molecule has 2 aliphatic rings. The first-order valence-electron chi connectivity index (χ1n) is 12.9. The standard InChI is InChI=1S/C22H32ClN7O4S.C2HF3O2/c1-35(32,33)11-8-25-20(31)19-13-30(18(14-34-19)12-15-2-4-16(23)5-3-15)17-6-9-29(10-7-17)22-26-21(24)27-28-22;3-2(4,5)1(6)7/h2-5,17-19H,6-14H2,1H3,(H,25,31)(H3,24,26,27,28);(H,6,7)/t18-,19+;/m0./s1. The van der Waals surface area contributed by atoms with Gasteiger partial charge >= 0.3 is 12.1 Å². The number of nitrogen functional groups attached to an aromatic ring is 1. The highest BCUT2D eigenvalue weighted by Crippen LogP contribution is 2.27. The summed E-state index contributed by atoms with van der Waals surface area (Å²) in [5.74, 6) is -2.24. The minimum Gasteiger partial charge on any atom is -0.475 e. The van der Waals surface area contributed by atoms with Crippen LogP contribution >= 0.6 is 11.6 Å². The van der Waals surface area contributed by atoms with E-state index in [0.717, 1.165) is 44.2 Å². The lowest BCUT2D eigenvalue weighted by Gasteiger charge is -2.46. The van der Waals surface area contributed by atoms with E-state index in [0.29, 0.717) is 30.1 Å². The molecule has 0 radical (unpaired) electrons. The molecule has 4 rings (SSSR count). The number of morpholine rings is 1. The van der Waals surface area contributed by atoms with Crippen LogP contribution < -0.4 is 16.0 Å². The number of amides is 1. The van der Waals surface area contributed by atoms with E-state index < -0.39 is 28.1 Å². The number of aliphatic carboxylic acids is 1. The molecule has 42 heavy (non-hydrogen) atoms. The zero-order valence-corrected chi connectivity index (χ0v) is 24.3. The zero-order valence-electron chi connectivity index (χ0n) is 22.7. The SMILES string of the molecule is CS(=O)(=O)CCNC(=O)[C@H]1CN(C2CCN(c3n[nH]c(N)n3)CC2)[C@@H](Cc2ccc(Cl)cc2)CO1.O=C(O)C(F)(F)F. The first-order valence-corrected chi connectivity index (χ1v) is 15.4. The van der Waals surface area contributed by atoms with Crippen molar-refractivity contribution >= 4 is 45.2 Å². The predicted octanol–water partition coefficient (Wildman–Crippen LogP) is 1.12. The lowest BCUT2D eigenvalue weighted by atomic mass is 9.96. The lowest BCUT2D eigenvalue weighted by Crippen LogP contribution is -2.60.